The fraction of sp³-hybridized carbons (Fsp3) is 0.586. The number of nitrogens with zero attached hydrogens (tertiary/aromatic N) is 4. The molecule has 3 amide bonds. The van der Waals surface area contributed by atoms with Crippen LogP contribution < -0.4 is 15.7 Å². The summed E-state index contributed by atoms with van der Waals surface area (Å²) < 4.78 is 6.01. The van der Waals surface area contributed by atoms with Crippen molar-refractivity contribution in [2.75, 3.05) is 33.2 Å². The Balaban J connectivity index is 1.28. The molecule has 3 aliphatic rings. The van der Waals surface area contributed by atoms with E-state index < -0.39 is 12.1 Å². The number of hydrogen-bond acceptors (Lipinski definition) is 6. The van der Waals surface area contributed by atoms with Crippen LogP contribution in [-0.4, -0.2) is 78.0 Å². The smallest absolute Gasteiger partial charge is 0.245 e. The van der Waals surface area contributed by atoms with Gasteiger partial charge in [-0.1, -0.05) is 44.2 Å². The van der Waals surface area contributed by atoms with Gasteiger partial charge in [0.25, 0.3) is 0 Å². The molecule has 2 saturated heterocycles. The molecule has 3 fully saturated rings. The molecule has 0 unspecified atom stereocenters. The van der Waals surface area contributed by atoms with Gasteiger partial charge in [0.05, 0.1) is 18.6 Å². The fourth-order valence-corrected chi connectivity index (χ4v) is 6.14. The van der Waals surface area contributed by atoms with Crippen LogP contribution in [0.3, 0.4) is 0 Å². The number of aromatic nitrogens is 2. The lowest BCUT2D eigenvalue weighted by Crippen LogP contribution is -2.65. The van der Waals surface area contributed by atoms with E-state index in [4.69, 9.17) is 4.74 Å². The van der Waals surface area contributed by atoms with Gasteiger partial charge in [0.1, 0.15) is 6.04 Å². The Morgan fingerprint density at radius 3 is 2.46 bits per heavy atom. The molecule has 5 rings (SSSR count). The number of likely N-dealkylation sites (tertiary alicyclic amines) is 2. The van der Waals surface area contributed by atoms with E-state index in [9.17, 15) is 14.4 Å². The van der Waals surface area contributed by atoms with Crippen LogP contribution >= 0.6 is 0 Å². The largest absolute Gasteiger partial charge is 0.581 e. The van der Waals surface area contributed by atoms with Crippen LogP contribution in [0.25, 0.3) is 0 Å². The molecule has 10 heteroatoms. The van der Waals surface area contributed by atoms with Gasteiger partial charge in [0.2, 0.25) is 17.7 Å². The Labute approximate surface area is 229 Å². The second-order valence-corrected chi connectivity index (χ2v) is 12.2. The minimum Gasteiger partial charge on any atom is -0.581 e. The third-order valence-electron chi connectivity index (χ3n) is 8.74. The molecule has 1 spiro atoms. The number of hydrogen-bond donors (Lipinski definition) is 2. The van der Waals surface area contributed by atoms with Crippen molar-refractivity contribution in [3.8, 4) is 0 Å². The predicted octanol–water partition coefficient (Wildman–Crippen LogP) is 1.18. The SMILES string of the molecule is CNC(=O)[C@@H](NC(=O)[C@H]1CN(Cc2cn[n-]c2)CC12CN(C(=O)[C@H]1CC1(C)C)C2)[C@@H](C)OCc1ccccc1. The summed E-state index contributed by atoms with van der Waals surface area (Å²) in [6.07, 6.45) is 3.84. The predicted molar refractivity (Wildman–Crippen MR) is 144 cm³/mol. The number of benzene rings is 1. The van der Waals surface area contributed by atoms with E-state index in [1.54, 1.807) is 26.4 Å². The zero-order valence-corrected chi connectivity index (χ0v) is 23.2. The highest BCUT2D eigenvalue weighted by molar-refractivity contribution is 5.90. The Bertz CT molecular complexity index is 1180. The Kier molecular flexibility index (Phi) is 7.52. The monoisotopic (exact) mass is 535 g/mol. The third kappa shape index (κ3) is 5.72. The number of amides is 3. The van der Waals surface area contributed by atoms with Crippen molar-refractivity contribution >= 4 is 17.7 Å². The number of carbonyl (C=O) groups is 3. The molecule has 3 heterocycles. The van der Waals surface area contributed by atoms with Gasteiger partial charge in [-0.25, -0.2) is 0 Å². The highest BCUT2D eigenvalue weighted by Gasteiger charge is 2.61. The van der Waals surface area contributed by atoms with Crippen LogP contribution in [0.4, 0.5) is 0 Å². The van der Waals surface area contributed by atoms with E-state index in [-0.39, 0.29) is 40.4 Å². The minimum absolute atomic E-state index is 0.0622. The Hall–Kier alpha value is -3.24. The van der Waals surface area contributed by atoms with Crippen LogP contribution in [0, 0.1) is 22.7 Å². The van der Waals surface area contributed by atoms with Crippen molar-refractivity contribution in [1.29, 1.82) is 0 Å². The first kappa shape index (κ1) is 27.3. The fourth-order valence-electron chi connectivity index (χ4n) is 6.14. The lowest BCUT2D eigenvalue weighted by atomic mass is 9.70. The zero-order chi connectivity index (χ0) is 27.8. The van der Waals surface area contributed by atoms with Crippen molar-refractivity contribution in [3.05, 3.63) is 53.9 Å². The third-order valence-corrected chi connectivity index (χ3v) is 8.74. The average molecular weight is 536 g/mol. The average Bonchev–Trinajstić information content (AvgIpc) is 3.23. The molecule has 1 aromatic heterocycles. The van der Waals surface area contributed by atoms with Crippen LogP contribution in [0.2, 0.25) is 0 Å². The van der Waals surface area contributed by atoms with Gasteiger partial charge in [-0.05, 0) is 29.9 Å². The van der Waals surface area contributed by atoms with Crippen LogP contribution in [0.15, 0.2) is 42.7 Å². The molecule has 2 aromatic rings. The van der Waals surface area contributed by atoms with Gasteiger partial charge in [-0.15, -0.1) is 0 Å². The number of nitrogens with one attached hydrogen (secondary N) is 2. The van der Waals surface area contributed by atoms with Crippen LogP contribution in [-0.2, 0) is 32.3 Å². The number of likely N-dealkylation sites (N-methyl/N-ethyl adjacent to an activating group) is 1. The summed E-state index contributed by atoms with van der Waals surface area (Å²) in [6, 6.07) is 8.89. The van der Waals surface area contributed by atoms with Crippen LogP contribution in [0.5, 0.6) is 0 Å². The molecule has 0 bridgehead atoms. The van der Waals surface area contributed by atoms with Gasteiger partial charge in [0.15, 0.2) is 0 Å². The molecule has 1 saturated carbocycles. The minimum atomic E-state index is -0.842. The molecular formula is C29H39N6O4-. The lowest BCUT2D eigenvalue weighted by Gasteiger charge is -2.51. The molecule has 210 valence electrons. The summed E-state index contributed by atoms with van der Waals surface area (Å²) in [4.78, 5) is 43.9. The molecule has 2 aliphatic heterocycles. The van der Waals surface area contributed by atoms with E-state index in [2.05, 4.69) is 39.6 Å². The quantitative estimate of drug-likeness (QED) is 0.469. The first-order chi connectivity index (χ1) is 18.6. The Morgan fingerprint density at radius 2 is 1.85 bits per heavy atom. The topological polar surface area (TPSA) is 118 Å². The number of rotatable bonds is 10. The molecule has 10 nitrogen and oxygen atoms in total. The summed E-state index contributed by atoms with van der Waals surface area (Å²) in [6.45, 7) is 9.36. The molecule has 0 radical (unpaired) electrons. The Morgan fingerprint density at radius 1 is 1.13 bits per heavy atom. The van der Waals surface area contributed by atoms with E-state index in [0.29, 0.717) is 39.3 Å². The summed E-state index contributed by atoms with van der Waals surface area (Å²) in [5.41, 5.74) is 1.69. The van der Waals surface area contributed by atoms with E-state index in [1.165, 1.54) is 0 Å². The maximum Gasteiger partial charge on any atom is 0.245 e. The molecule has 4 atom stereocenters. The molecule has 1 aromatic carbocycles. The van der Waals surface area contributed by atoms with E-state index in [0.717, 1.165) is 17.5 Å². The highest BCUT2D eigenvalue weighted by Crippen LogP contribution is 2.54. The van der Waals surface area contributed by atoms with Gasteiger partial charge in [-0.2, -0.15) is 6.20 Å². The van der Waals surface area contributed by atoms with Crippen molar-refractivity contribution < 1.29 is 19.1 Å². The van der Waals surface area contributed by atoms with E-state index >= 15 is 0 Å². The summed E-state index contributed by atoms with van der Waals surface area (Å²) in [5, 5.41) is 13.5. The highest BCUT2D eigenvalue weighted by atomic mass is 16.5. The molecule has 1 aliphatic carbocycles. The first-order valence-electron chi connectivity index (χ1n) is 13.7. The van der Waals surface area contributed by atoms with Crippen molar-refractivity contribution in [2.24, 2.45) is 22.7 Å². The zero-order valence-electron chi connectivity index (χ0n) is 23.2. The first-order valence-corrected chi connectivity index (χ1v) is 13.7. The van der Waals surface area contributed by atoms with Crippen molar-refractivity contribution in [3.63, 3.8) is 0 Å². The normalized spacial score (nSPS) is 24.6. The standard InChI is InChI=1S/C29H40N6O4/c1-19(39-15-20-8-6-5-7-9-20)24(26(37)30-4)33-25(36)23-14-34(13-21-11-31-32-12-21)16-29(23)17-35(18-29)27(38)22-10-28(22,2)3/h5-9,11-12,19,22-24H,10,13-18H2,1-4H3,(H3,30,31,32,33,36,37)/p-1/t19-,22-,23-,24+/m1/s1. The van der Waals surface area contributed by atoms with Gasteiger partial charge in [0, 0.05) is 57.3 Å². The summed E-state index contributed by atoms with van der Waals surface area (Å²) >= 11 is 0. The van der Waals surface area contributed by atoms with E-state index in [1.807, 2.05) is 35.2 Å². The molecule has 2 N–H and O–H groups in total. The maximum atomic E-state index is 13.8. The summed E-state index contributed by atoms with van der Waals surface area (Å²) in [7, 11) is 1.56. The van der Waals surface area contributed by atoms with Gasteiger partial charge in [-0.3, -0.25) is 19.3 Å². The van der Waals surface area contributed by atoms with Gasteiger partial charge >= 0.3 is 0 Å². The molecule has 39 heavy (non-hydrogen) atoms. The maximum absolute atomic E-state index is 13.8. The summed E-state index contributed by atoms with van der Waals surface area (Å²) in [5.74, 6) is -0.583. The second kappa shape index (κ2) is 10.7. The van der Waals surface area contributed by atoms with Crippen molar-refractivity contribution in [2.45, 2.75) is 52.5 Å². The lowest BCUT2D eigenvalue weighted by molar-refractivity contribution is -0.152. The number of carbonyl (C=O) groups excluding carboxylic acids is 3. The van der Waals surface area contributed by atoms with Gasteiger partial charge < -0.3 is 30.5 Å². The number of ether oxygens (including phenoxy) is 1. The van der Waals surface area contributed by atoms with Crippen molar-refractivity contribution in [1.82, 2.24) is 30.6 Å². The van der Waals surface area contributed by atoms with Crippen LogP contribution in [0.1, 0.15) is 38.3 Å². The molecular weight excluding hydrogens is 496 g/mol. The second-order valence-electron chi connectivity index (χ2n) is 12.2.